The standard InChI is InChI=1S/C14H18ClNO2/c1-2-16(10-6-3-4-7-10)13-11(14(17)18)8-5-9-12(13)15/h5,8-10H,2-4,6-7H2,1H3,(H,17,18). The molecule has 0 amide bonds. The number of carboxylic acids is 1. The third-order valence-corrected chi connectivity index (χ3v) is 3.92. The van der Waals surface area contributed by atoms with Crippen molar-refractivity contribution < 1.29 is 9.90 Å². The fourth-order valence-corrected chi connectivity index (χ4v) is 3.08. The zero-order valence-electron chi connectivity index (χ0n) is 10.5. The Morgan fingerprint density at radius 3 is 2.67 bits per heavy atom. The monoisotopic (exact) mass is 267 g/mol. The van der Waals surface area contributed by atoms with Gasteiger partial charge in [-0.1, -0.05) is 30.5 Å². The molecule has 3 nitrogen and oxygen atoms in total. The molecule has 1 fully saturated rings. The summed E-state index contributed by atoms with van der Waals surface area (Å²) in [6.45, 7) is 2.84. The van der Waals surface area contributed by atoms with Crippen LogP contribution in [0.5, 0.6) is 0 Å². The van der Waals surface area contributed by atoms with Crippen LogP contribution in [-0.2, 0) is 0 Å². The van der Waals surface area contributed by atoms with Crippen LogP contribution >= 0.6 is 11.6 Å². The van der Waals surface area contributed by atoms with Crippen molar-refractivity contribution in [2.45, 2.75) is 38.6 Å². The number of rotatable bonds is 4. The quantitative estimate of drug-likeness (QED) is 0.902. The van der Waals surface area contributed by atoms with Crippen LogP contribution < -0.4 is 4.90 Å². The van der Waals surface area contributed by atoms with Gasteiger partial charge in [-0.2, -0.15) is 0 Å². The second-order valence-electron chi connectivity index (χ2n) is 4.67. The van der Waals surface area contributed by atoms with E-state index < -0.39 is 5.97 Å². The molecule has 1 aliphatic carbocycles. The zero-order chi connectivity index (χ0) is 13.1. The maximum atomic E-state index is 11.3. The Kier molecular flexibility index (Phi) is 4.12. The molecule has 98 valence electrons. The summed E-state index contributed by atoms with van der Waals surface area (Å²) in [5.41, 5.74) is 0.984. The van der Waals surface area contributed by atoms with E-state index in [4.69, 9.17) is 11.6 Å². The van der Waals surface area contributed by atoms with E-state index in [-0.39, 0.29) is 0 Å². The molecule has 0 unspecified atom stereocenters. The van der Waals surface area contributed by atoms with Crippen molar-refractivity contribution in [2.75, 3.05) is 11.4 Å². The predicted octanol–water partition coefficient (Wildman–Crippen LogP) is 3.81. The highest BCUT2D eigenvalue weighted by molar-refractivity contribution is 6.34. The minimum atomic E-state index is -0.913. The van der Waals surface area contributed by atoms with E-state index in [1.807, 2.05) is 6.92 Å². The smallest absolute Gasteiger partial charge is 0.337 e. The van der Waals surface area contributed by atoms with Gasteiger partial charge in [0.2, 0.25) is 0 Å². The molecule has 1 aliphatic rings. The predicted molar refractivity (Wildman–Crippen MR) is 73.7 cm³/mol. The third kappa shape index (κ3) is 2.46. The number of halogens is 1. The summed E-state index contributed by atoms with van der Waals surface area (Å²) < 4.78 is 0. The van der Waals surface area contributed by atoms with E-state index in [1.54, 1.807) is 18.2 Å². The normalized spacial score (nSPS) is 15.9. The van der Waals surface area contributed by atoms with Crippen LogP contribution in [0.15, 0.2) is 18.2 Å². The van der Waals surface area contributed by atoms with Gasteiger partial charge in [0, 0.05) is 12.6 Å². The zero-order valence-corrected chi connectivity index (χ0v) is 11.3. The van der Waals surface area contributed by atoms with Crippen molar-refractivity contribution in [1.82, 2.24) is 0 Å². The Hall–Kier alpha value is -1.22. The number of nitrogens with zero attached hydrogens (tertiary/aromatic N) is 1. The van der Waals surface area contributed by atoms with E-state index >= 15 is 0 Å². The number of carboxylic acid groups (broad SMARTS) is 1. The van der Waals surface area contributed by atoms with Crippen LogP contribution in [0.2, 0.25) is 5.02 Å². The number of benzene rings is 1. The van der Waals surface area contributed by atoms with Crippen molar-refractivity contribution in [2.24, 2.45) is 0 Å². The summed E-state index contributed by atoms with van der Waals surface area (Å²) in [4.78, 5) is 13.5. The van der Waals surface area contributed by atoms with Crippen molar-refractivity contribution >= 4 is 23.3 Å². The molecule has 1 saturated carbocycles. The molecular weight excluding hydrogens is 250 g/mol. The van der Waals surface area contributed by atoms with Gasteiger partial charge in [0.25, 0.3) is 0 Å². The Balaban J connectivity index is 2.43. The SMILES string of the molecule is CCN(c1c(Cl)cccc1C(=O)O)C1CCCC1. The summed E-state index contributed by atoms with van der Waals surface area (Å²) in [6.07, 6.45) is 4.68. The van der Waals surface area contributed by atoms with Gasteiger partial charge in [-0.3, -0.25) is 0 Å². The maximum absolute atomic E-state index is 11.3. The molecule has 0 radical (unpaired) electrons. The maximum Gasteiger partial charge on any atom is 0.337 e. The lowest BCUT2D eigenvalue weighted by Crippen LogP contribution is -2.34. The van der Waals surface area contributed by atoms with E-state index in [9.17, 15) is 9.90 Å². The fourth-order valence-electron chi connectivity index (χ4n) is 2.79. The van der Waals surface area contributed by atoms with Gasteiger partial charge < -0.3 is 10.0 Å². The number of aromatic carboxylic acids is 1. The lowest BCUT2D eigenvalue weighted by atomic mass is 10.1. The van der Waals surface area contributed by atoms with E-state index in [0.717, 1.165) is 19.4 Å². The molecule has 0 aliphatic heterocycles. The van der Waals surface area contributed by atoms with Gasteiger partial charge in [0.1, 0.15) is 0 Å². The molecule has 0 spiro atoms. The lowest BCUT2D eigenvalue weighted by Gasteiger charge is -2.31. The number of hydrogen-bond donors (Lipinski definition) is 1. The summed E-state index contributed by atoms with van der Waals surface area (Å²) in [7, 11) is 0. The topological polar surface area (TPSA) is 40.5 Å². The Bertz CT molecular complexity index is 441. The second kappa shape index (κ2) is 5.61. The third-order valence-electron chi connectivity index (χ3n) is 3.61. The van der Waals surface area contributed by atoms with E-state index in [1.165, 1.54) is 12.8 Å². The van der Waals surface area contributed by atoms with Crippen LogP contribution in [0.25, 0.3) is 0 Å². The van der Waals surface area contributed by atoms with Gasteiger partial charge in [-0.05, 0) is 31.9 Å². The Labute approximate surface area is 112 Å². The Morgan fingerprint density at radius 1 is 1.44 bits per heavy atom. The molecule has 0 atom stereocenters. The summed E-state index contributed by atoms with van der Waals surface area (Å²) in [5.74, 6) is -0.913. The average molecular weight is 268 g/mol. The molecule has 1 aromatic rings. The average Bonchev–Trinajstić information content (AvgIpc) is 2.85. The van der Waals surface area contributed by atoms with Gasteiger partial charge in [-0.25, -0.2) is 4.79 Å². The van der Waals surface area contributed by atoms with Gasteiger partial charge >= 0.3 is 5.97 Å². The summed E-state index contributed by atoms with van der Waals surface area (Å²) in [6, 6.07) is 5.51. The van der Waals surface area contributed by atoms with Crippen molar-refractivity contribution in [3.63, 3.8) is 0 Å². The van der Waals surface area contributed by atoms with Crippen molar-refractivity contribution in [1.29, 1.82) is 0 Å². The number of hydrogen-bond acceptors (Lipinski definition) is 2. The molecule has 18 heavy (non-hydrogen) atoms. The second-order valence-corrected chi connectivity index (χ2v) is 5.07. The van der Waals surface area contributed by atoms with Crippen molar-refractivity contribution in [3.8, 4) is 0 Å². The number of anilines is 1. The minimum absolute atomic E-state index is 0.302. The van der Waals surface area contributed by atoms with Crippen LogP contribution in [0.3, 0.4) is 0 Å². The van der Waals surface area contributed by atoms with Crippen LogP contribution in [0.1, 0.15) is 43.0 Å². The number of carbonyl (C=O) groups is 1. The van der Waals surface area contributed by atoms with Gasteiger partial charge in [0.05, 0.1) is 16.3 Å². The van der Waals surface area contributed by atoms with Crippen LogP contribution in [0.4, 0.5) is 5.69 Å². The molecule has 1 aromatic carbocycles. The largest absolute Gasteiger partial charge is 0.478 e. The molecule has 0 aromatic heterocycles. The number of para-hydroxylation sites is 1. The van der Waals surface area contributed by atoms with Crippen LogP contribution in [-0.4, -0.2) is 23.7 Å². The summed E-state index contributed by atoms with van der Waals surface area (Å²) in [5, 5.41) is 9.82. The fraction of sp³-hybridized carbons (Fsp3) is 0.500. The first-order chi connectivity index (χ1) is 8.65. The highest BCUT2D eigenvalue weighted by Crippen LogP contribution is 2.35. The molecule has 0 heterocycles. The molecule has 0 saturated heterocycles. The lowest BCUT2D eigenvalue weighted by molar-refractivity contribution is 0.0697. The molecule has 2 rings (SSSR count). The van der Waals surface area contributed by atoms with Gasteiger partial charge in [0.15, 0.2) is 0 Å². The van der Waals surface area contributed by atoms with Crippen molar-refractivity contribution in [3.05, 3.63) is 28.8 Å². The minimum Gasteiger partial charge on any atom is -0.478 e. The van der Waals surface area contributed by atoms with Crippen LogP contribution in [0, 0.1) is 0 Å². The highest BCUT2D eigenvalue weighted by atomic mass is 35.5. The summed E-state index contributed by atoms with van der Waals surface area (Å²) >= 11 is 6.22. The first-order valence-corrected chi connectivity index (χ1v) is 6.81. The molecule has 1 N–H and O–H groups in total. The van der Waals surface area contributed by atoms with E-state index in [0.29, 0.717) is 22.3 Å². The first-order valence-electron chi connectivity index (χ1n) is 6.43. The van der Waals surface area contributed by atoms with Gasteiger partial charge in [-0.15, -0.1) is 0 Å². The molecular formula is C14H18ClNO2. The molecule has 4 heteroatoms. The highest BCUT2D eigenvalue weighted by Gasteiger charge is 2.26. The first kappa shape index (κ1) is 13.2. The van der Waals surface area contributed by atoms with E-state index in [2.05, 4.69) is 4.90 Å². The molecule has 0 bridgehead atoms. The Morgan fingerprint density at radius 2 is 2.11 bits per heavy atom.